The predicted octanol–water partition coefficient (Wildman–Crippen LogP) is 4.46. The molecular weight excluding hydrogens is 372 g/mol. The highest BCUT2D eigenvalue weighted by Gasteiger charge is 2.17. The van der Waals surface area contributed by atoms with Crippen molar-refractivity contribution in [1.29, 1.82) is 0 Å². The monoisotopic (exact) mass is 399 g/mol. The number of hydrogen-bond acceptors (Lipinski definition) is 4. The molecule has 0 spiro atoms. The summed E-state index contributed by atoms with van der Waals surface area (Å²) in [5.41, 5.74) is 1.22. The van der Waals surface area contributed by atoms with Crippen LogP contribution in [0.4, 0.5) is 14.6 Å². The van der Waals surface area contributed by atoms with Crippen LogP contribution in [0.15, 0.2) is 30.5 Å². The van der Waals surface area contributed by atoms with Gasteiger partial charge < -0.3 is 14.8 Å². The van der Waals surface area contributed by atoms with Gasteiger partial charge in [0.05, 0.1) is 5.52 Å². The third-order valence-corrected chi connectivity index (χ3v) is 5.90. The quantitative estimate of drug-likeness (QED) is 0.665. The Morgan fingerprint density at radius 3 is 2.69 bits per heavy atom. The van der Waals surface area contributed by atoms with Gasteiger partial charge in [-0.1, -0.05) is 0 Å². The van der Waals surface area contributed by atoms with E-state index in [-0.39, 0.29) is 5.52 Å². The molecule has 1 fully saturated rings. The van der Waals surface area contributed by atoms with Gasteiger partial charge in [0.25, 0.3) is 0 Å². The fourth-order valence-corrected chi connectivity index (χ4v) is 3.99. The van der Waals surface area contributed by atoms with Crippen LogP contribution < -0.4 is 4.90 Å². The Morgan fingerprint density at radius 1 is 1.17 bits per heavy atom. The summed E-state index contributed by atoms with van der Waals surface area (Å²) >= 11 is 0. The average Bonchev–Trinajstić information content (AvgIpc) is 3.17. The van der Waals surface area contributed by atoms with E-state index < -0.39 is 11.6 Å². The van der Waals surface area contributed by atoms with Crippen LogP contribution in [0, 0.1) is 17.6 Å². The number of aromatic amines is 1. The number of fused-ring (bicyclic) bond motifs is 1. The van der Waals surface area contributed by atoms with Crippen molar-refractivity contribution in [2.24, 2.45) is 5.92 Å². The number of halogens is 2. The van der Waals surface area contributed by atoms with Crippen LogP contribution in [0.25, 0.3) is 22.4 Å². The maximum Gasteiger partial charge on any atom is 0.186 e. The number of hydrogen-bond donors (Lipinski definition) is 1. The maximum absolute atomic E-state index is 13.9. The second-order valence-corrected chi connectivity index (χ2v) is 8.06. The van der Waals surface area contributed by atoms with Crippen LogP contribution in [0.1, 0.15) is 25.7 Å². The molecule has 0 amide bonds. The lowest BCUT2D eigenvalue weighted by Gasteiger charge is -2.29. The molecule has 1 aliphatic rings. The third-order valence-electron chi connectivity index (χ3n) is 5.90. The Labute approximate surface area is 169 Å². The molecule has 3 heterocycles. The molecule has 7 heteroatoms. The third kappa shape index (κ3) is 4.40. The molecule has 1 aliphatic heterocycles. The van der Waals surface area contributed by atoms with Gasteiger partial charge >= 0.3 is 0 Å². The second-order valence-electron chi connectivity index (χ2n) is 8.06. The first-order chi connectivity index (χ1) is 14.0. The topological polar surface area (TPSA) is 48.0 Å². The van der Waals surface area contributed by atoms with Crippen molar-refractivity contribution in [1.82, 2.24) is 19.9 Å². The zero-order valence-corrected chi connectivity index (χ0v) is 17.0. The number of H-pyrrole nitrogens is 1. The smallest absolute Gasteiger partial charge is 0.186 e. The number of anilines is 1. The zero-order chi connectivity index (χ0) is 20.4. The van der Waals surface area contributed by atoms with Gasteiger partial charge in [-0.25, -0.2) is 18.7 Å². The highest BCUT2D eigenvalue weighted by atomic mass is 19.2. The lowest BCUT2D eigenvalue weighted by molar-refractivity contribution is 0.211. The number of nitrogens with zero attached hydrogens (tertiary/aromatic N) is 4. The Bertz CT molecular complexity index is 961. The number of likely N-dealkylation sites (tertiary alicyclic amines) is 1. The molecule has 29 heavy (non-hydrogen) atoms. The van der Waals surface area contributed by atoms with Gasteiger partial charge in [-0.05, 0) is 76.0 Å². The summed E-state index contributed by atoms with van der Waals surface area (Å²) in [6, 6.07) is 6.43. The van der Waals surface area contributed by atoms with Crippen LogP contribution in [0.2, 0.25) is 0 Å². The molecule has 1 saturated heterocycles. The van der Waals surface area contributed by atoms with E-state index >= 15 is 0 Å². The van der Waals surface area contributed by atoms with E-state index in [0.29, 0.717) is 11.3 Å². The van der Waals surface area contributed by atoms with E-state index in [2.05, 4.69) is 38.8 Å². The lowest BCUT2D eigenvalue weighted by atomic mass is 9.92. The number of piperidine rings is 1. The fourth-order valence-electron chi connectivity index (χ4n) is 3.99. The van der Waals surface area contributed by atoms with Crippen LogP contribution in [0.5, 0.6) is 0 Å². The van der Waals surface area contributed by atoms with Crippen LogP contribution in [-0.4, -0.2) is 53.6 Å². The zero-order valence-electron chi connectivity index (χ0n) is 17.0. The molecule has 5 nitrogen and oxygen atoms in total. The average molecular weight is 399 g/mol. The number of benzene rings is 1. The van der Waals surface area contributed by atoms with Gasteiger partial charge in [-0.15, -0.1) is 0 Å². The lowest BCUT2D eigenvalue weighted by Crippen LogP contribution is -2.30. The van der Waals surface area contributed by atoms with Gasteiger partial charge in [0.15, 0.2) is 11.6 Å². The van der Waals surface area contributed by atoms with Gasteiger partial charge in [0.1, 0.15) is 17.2 Å². The van der Waals surface area contributed by atoms with Crippen molar-refractivity contribution in [2.45, 2.75) is 25.7 Å². The summed E-state index contributed by atoms with van der Waals surface area (Å²) < 4.78 is 27.3. The van der Waals surface area contributed by atoms with E-state index in [0.717, 1.165) is 36.3 Å². The summed E-state index contributed by atoms with van der Waals surface area (Å²) in [4.78, 5) is 16.3. The molecule has 0 radical (unpaired) electrons. The first-order valence-electron chi connectivity index (χ1n) is 10.2. The van der Waals surface area contributed by atoms with E-state index in [1.807, 2.05) is 12.1 Å². The molecule has 0 bridgehead atoms. The largest absolute Gasteiger partial charge is 0.360 e. The number of aromatic nitrogens is 3. The van der Waals surface area contributed by atoms with Crippen molar-refractivity contribution in [3.63, 3.8) is 0 Å². The molecule has 1 N–H and O–H groups in total. The summed E-state index contributed by atoms with van der Waals surface area (Å²) in [6.45, 7) is 3.39. The van der Waals surface area contributed by atoms with Gasteiger partial charge in [-0.2, -0.15) is 0 Å². The minimum absolute atomic E-state index is 0.00935. The van der Waals surface area contributed by atoms with Crippen LogP contribution in [-0.2, 0) is 0 Å². The number of nitrogens with one attached hydrogen (secondary N) is 1. The normalized spacial score (nSPS) is 15.9. The van der Waals surface area contributed by atoms with Crippen LogP contribution in [0.3, 0.4) is 0 Å². The van der Waals surface area contributed by atoms with E-state index in [1.165, 1.54) is 38.4 Å². The SMILES string of the molecule is CN1CCC(CCCN(C)c2ccc(-c3nc4c(F)c(F)ccc4[nH]3)cn2)CC1. The molecule has 4 rings (SSSR count). The van der Waals surface area contributed by atoms with Gasteiger partial charge in [0, 0.05) is 25.4 Å². The maximum atomic E-state index is 13.9. The highest BCUT2D eigenvalue weighted by Crippen LogP contribution is 2.25. The van der Waals surface area contributed by atoms with Crippen molar-refractivity contribution >= 4 is 16.9 Å². The molecule has 2 aromatic heterocycles. The summed E-state index contributed by atoms with van der Waals surface area (Å²) in [5.74, 6) is 0.386. The first kappa shape index (κ1) is 19.8. The van der Waals surface area contributed by atoms with Crippen molar-refractivity contribution in [2.75, 3.05) is 38.6 Å². The Balaban J connectivity index is 1.37. The highest BCUT2D eigenvalue weighted by molar-refractivity contribution is 5.80. The fraction of sp³-hybridized carbons (Fsp3) is 0.455. The molecular formula is C22H27F2N5. The Hall–Kier alpha value is -2.54. The molecule has 0 saturated carbocycles. The van der Waals surface area contributed by atoms with Crippen molar-refractivity contribution in [3.05, 3.63) is 42.1 Å². The van der Waals surface area contributed by atoms with Crippen molar-refractivity contribution in [3.8, 4) is 11.4 Å². The van der Waals surface area contributed by atoms with E-state index in [4.69, 9.17) is 0 Å². The van der Waals surface area contributed by atoms with E-state index in [1.54, 1.807) is 6.20 Å². The van der Waals surface area contributed by atoms with E-state index in [9.17, 15) is 8.78 Å². The standard InChI is InChI=1S/C22H27F2N5/c1-28-12-9-15(10-13-28)4-3-11-29(2)19-8-5-16(14-25-19)22-26-18-7-6-17(23)20(24)21(18)27-22/h5-8,14-15H,3-4,9-13H2,1-2H3,(H,26,27). The first-order valence-corrected chi connectivity index (χ1v) is 10.2. The Morgan fingerprint density at radius 2 is 1.97 bits per heavy atom. The second kappa shape index (κ2) is 8.45. The molecule has 0 unspecified atom stereocenters. The van der Waals surface area contributed by atoms with Gasteiger partial charge in [0.2, 0.25) is 0 Å². The molecule has 154 valence electrons. The number of rotatable bonds is 6. The number of imidazole rings is 1. The Kier molecular flexibility index (Phi) is 5.76. The summed E-state index contributed by atoms with van der Waals surface area (Å²) in [6.07, 6.45) is 6.74. The van der Waals surface area contributed by atoms with Gasteiger partial charge in [-0.3, -0.25) is 0 Å². The summed E-state index contributed by atoms with van der Waals surface area (Å²) in [7, 11) is 4.25. The molecule has 0 aliphatic carbocycles. The molecule has 3 aromatic rings. The molecule has 1 aromatic carbocycles. The molecule has 0 atom stereocenters. The minimum Gasteiger partial charge on any atom is -0.360 e. The predicted molar refractivity (Wildman–Crippen MR) is 112 cm³/mol. The van der Waals surface area contributed by atoms with Crippen LogP contribution >= 0.6 is 0 Å². The minimum atomic E-state index is -0.932. The number of pyridine rings is 1. The van der Waals surface area contributed by atoms with Crippen molar-refractivity contribution < 1.29 is 8.78 Å². The summed E-state index contributed by atoms with van der Waals surface area (Å²) in [5, 5.41) is 0.